The summed E-state index contributed by atoms with van der Waals surface area (Å²) in [4.78, 5) is 26.9. The Bertz CT molecular complexity index is 417. The Morgan fingerprint density at radius 1 is 1.50 bits per heavy atom. The third kappa shape index (κ3) is 5.22. The van der Waals surface area contributed by atoms with Gasteiger partial charge in [-0.2, -0.15) is 0 Å². The molecule has 6 nitrogen and oxygen atoms in total. The number of amides is 3. The summed E-state index contributed by atoms with van der Waals surface area (Å²) in [6.07, 6.45) is 3.46. The van der Waals surface area contributed by atoms with Crippen LogP contribution >= 0.6 is 11.8 Å². The van der Waals surface area contributed by atoms with Gasteiger partial charge in [-0.25, -0.2) is 9.78 Å². The summed E-state index contributed by atoms with van der Waals surface area (Å²) in [5, 5.41) is 5.63. The molecule has 0 saturated heterocycles. The minimum absolute atomic E-state index is 0.167. The van der Waals surface area contributed by atoms with Crippen LogP contribution in [0.4, 0.5) is 4.79 Å². The van der Waals surface area contributed by atoms with Crippen molar-refractivity contribution in [2.24, 2.45) is 13.0 Å². The van der Waals surface area contributed by atoms with Gasteiger partial charge in [0.25, 0.3) is 0 Å². The van der Waals surface area contributed by atoms with Crippen molar-refractivity contribution < 1.29 is 9.59 Å². The molecule has 0 fully saturated rings. The van der Waals surface area contributed by atoms with E-state index in [-0.39, 0.29) is 11.7 Å². The average Bonchev–Trinajstić information content (AvgIpc) is 2.69. The van der Waals surface area contributed by atoms with E-state index in [1.807, 2.05) is 25.5 Å². The summed E-state index contributed by atoms with van der Waals surface area (Å²) in [5.41, 5.74) is 0. The fourth-order valence-corrected chi connectivity index (χ4v) is 1.86. The van der Waals surface area contributed by atoms with Crippen LogP contribution in [0, 0.1) is 5.92 Å². The summed E-state index contributed by atoms with van der Waals surface area (Å²) in [5.74, 6) is 0.192. The first-order valence-corrected chi connectivity index (χ1v) is 6.65. The van der Waals surface area contributed by atoms with Crippen molar-refractivity contribution in [1.82, 2.24) is 20.2 Å². The molecule has 2 N–H and O–H groups in total. The Labute approximate surface area is 111 Å². The number of carbonyl (C=O) groups is 2. The molecule has 0 bridgehead atoms. The number of thioether (sulfide) groups is 1. The summed E-state index contributed by atoms with van der Waals surface area (Å²) >= 11 is 1.29. The second-order valence-corrected chi connectivity index (χ2v) is 5.20. The van der Waals surface area contributed by atoms with E-state index < -0.39 is 6.03 Å². The van der Waals surface area contributed by atoms with Crippen molar-refractivity contribution in [1.29, 1.82) is 0 Å². The number of imide groups is 1. The first-order chi connectivity index (χ1) is 8.49. The lowest BCUT2D eigenvalue weighted by atomic mass is 10.2. The van der Waals surface area contributed by atoms with E-state index in [0.29, 0.717) is 12.5 Å². The number of aryl methyl sites for hydroxylation is 1. The van der Waals surface area contributed by atoms with Crippen molar-refractivity contribution in [2.75, 3.05) is 12.3 Å². The molecule has 3 amide bonds. The number of nitrogens with zero attached hydrogens (tertiary/aromatic N) is 2. The lowest BCUT2D eigenvalue weighted by Crippen LogP contribution is -2.41. The Hall–Kier alpha value is -1.50. The normalized spacial score (nSPS) is 10.4. The molecule has 0 saturated carbocycles. The van der Waals surface area contributed by atoms with Crippen LogP contribution in [-0.4, -0.2) is 33.8 Å². The maximum Gasteiger partial charge on any atom is 0.321 e. The summed E-state index contributed by atoms with van der Waals surface area (Å²) in [6.45, 7) is 4.52. The van der Waals surface area contributed by atoms with Gasteiger partial charge in [0, 0.05) is 26.0 Å². The Morgan fingerprint density at radius 3 is 2.78 bits per heavy atom. The molecule has 0 aromatic carbocycles. The van der Waals surface area contributed by atoms with E-state index in [0.717, 1.165) is 5.16 Å². The molecule has 0 aliphatic carbocycles. The van der Waals surface area contributed by atoms with Gasteiger partial charge < -0.3 is 9.88 Å². The molecule has 1 aromatic heterocycles. The first kappa shape index (κ1) is 14.6. The highest BCUT2D eigenvalue weighted by Gasteiger charge is 2.09. The maximum atomic E-state index is 11.5. The standard InChI is InChI=1S/C11H18N4O2S/c1-8(2)6-13-10(17)14-9(16)7-18-11-12-4-5-15(11)3/h4-5,8H,6-7H2,1-3H3,(H2,13,14,16,17). The largest absolute Gasteiger partial charge is 0.338 e. The van der Waals surface area contributed by atoms with Crippen LogP contribution in [0.5, 0.6) is 0 Å². The lowest BCUT2D eigenvalue weighted by Gasteiger charge is -2.08. The van der Waals surface area contributed by atoms with Gasteiger partial charge in [-0.3, -0.25) is 10.1 Å². The van der Waals surface area contributed by atoms with Crippen molar-refractivity contribution >= 4 is 23.7 Å². The quantitative estimate of drug-likeness (QED) is 0.782. The smallest absolute Gasteiger partial charge is 0.321 e. The molecule has 0 unspecified atom stereocenters. The fourth-order valence-electron chi connectivity index (χ4n) is 1.12. The van der Waals surface area contributed by atoms with Gasteiger partial charge in [0.05, 0.1) is 5.75 Å². The number of imidazole rings is 1. The molecule has 100 valence electrons. The van der Waals surface area contributed by atoms with Crippen LogP contribution in [0.15, 0.2) is 17.6 Å². The van der Waals surface area contributed by atoms with Crippen LogP contribution in [-0.2, 0) is 11.8 Å². The molecule has 1 rings (SSSR count). The van der Waals surface area contributed by atoms with Gasteiger partial charge in [-0.1, -0.05) is 25.6 Å². The number of nitrogens with one attached hydrogen (secondary N) is 2. The van der Waals surface area contributed by atoms with Crippen LogP contribution < -0.4 is 10.6 Å². The summed E-state index contributed by atoms with van der Waals surface area (Å²) < 4.78 is 1.82. The van der Waals surface area contributed by atoms with Gasteiger partial charge in [0.1, 0.15) is 0 Å². The minimum Gasteiger partial charge on any atom is -0.338 e. The Balaban J connectivity index is 2.25. The number of aromatic nitrogens is 2. The first-order valence-electron chi connectivity index (χ1n) is 5.67. The average molecular weight is 270 g/mol. The summed E-state index contributed by atoms with van der Waals surface area (Å²) in [7, 11) is 1.85. The van der Waals surface area contributed by atoms with Crippen LogP contribution in [0.1, 0.15) is 13.8 Å². The van der Waals surface area contributed by atoms with Crippen molar-refractivity contribution in [3.63, 3.8) is 0 Å². The maximum absolute atomic E-state index is 11.5. The highest BCUT2D eigenvalue weighted by Crippen LogP contribution is 2.13. The number of urea groups is 1. The van der Waals surface area contributed by atoms with Gasteiger partial charge in [-0.15, -0.1) is 0 Å². The highest BCUT2D eigenvalue weighted by atomic mass is 32.2. The lowest BCUT2D eigenvalue weighted by molar-refractivity contribution is -0.117. The van der Waals surface area contributed by atoms with Crippen molar-refractivity contribution in [3.05, 3.63) is 12.4 Å². The predicted molar refractivity (Wildman–Crippen MR) is 70.3 cm³/mol. The molecule has 0 atom stereocenters. The van der Waals surface area contributed by atoms with E-state index in [1.54, 1.807) is 12.4 Å². The minimum atomic E-state index is -0.450. The molecule has 18 heavy (non-hydrogen) atoms. The Morgan fingerprint density at radius 2 is 2.22 bits per heavy atom. The molecule has 0 aliphatic rings. The van der Waals surface area contributed by atoms with E-state index >= 15 is 0 Å². The molecule has 0 aliphatic heterocycles. The SMILES string of the molecule is CC(C)CNC(=O)NC(=O)CSc1nccn1C. The second-order valence-electron chi connectivity index (χ2n) is 4.26. The zero-order valence-electron chi connectivity index (χ0n) is 10.8. The monoisotopic (exact) mass is 270 g/mol. The Kier molecular flexibility index (Phi) is 5.70. The molecular formula is C11H18N4O2S. The van der Waals surface area contributed by atoms with E-state index in [9.17, 15) is 9.59 Å². The number of hydrogen-bond donors (Lipinski definition) is 2. The van der Waals surface area contributed by atoms with Crippen LogP contribution in [0.3, 0.4) is 0 Å². The molecule has 0 radical (unpaired) electrons. The van der Waals surface area contributed by atoms with Gasteiger partial charge in [-0.05, 0) is 5.92 Å². The van der Waals surface area contributed by atoms with E-state index in [2.05, 4.69) is 15.6 Å². The van der Waals surface area contributed by atoms with Crippen molar-refractivity contribution in [2.45, 2.75) is 19.0 Å². The van der Waals surface area contributed by atoms with Gasteiger partial charge >= 0.3 is 6.03 Å². The van der Waals surface area contributed by atoms with Crippen LogP contribution in [0.25, 0.3) is 0 Å². The zero-order chi connectivity index (χ0) is 13.5. The number of carbonyl (C=O) groups excluding carboxylic acids is 2. The number of hydrogen-bond acceptors (Lipinski definition) is 4. The third-order valence-corrected chi connectivity index (χ3v) is 3.09. The van der Waals surface area contributed by atoms with Gasteiger partial charge in [0.15, 0.2) is 5.16 Å². The van der Waals surface area contributed by atoms with Crippen LogP contribution in [0.2, 0.25) is 0 Å². The predicted octanol–water partition coefficient (Wildman–Crippen LogP) is 0.994. The van der Waals surface area contributed by atoms with Crippen molar-refractivity contribution in [3.8, 4) is 0 Å². The van der Waals surface area contributed by atoms with E-state index in [1.165, 1.54) is 11.8 Å². The highest BCUT2D eigenvalue weighted by molar-refractivity contribution is 7.99. The topological polar surface area (TPSA) is 76.0 Å². The van der Waals surface area contributed by atoms with Gasteiger partial charge in [0.2, 0.25) is 5.91 Å². The molecular weight excluding hydrogens is 252 g/mol. The number of rotatable bonds is 5. The fraction of sp³-hybridized carbons (Fsp3) is 0.545. The molecule has 1 heterocycles. The van der Waals surface area contributed by atoms with E-state index in [4.69, 9.17) is 0 Å². The second kappa shape index (κ2) is 7.05. The summed E-state index contributed by atoms with van der Waals surface area (Å²) in [6, 6.07) is -0.450. The molecule has 0 spiro atoms. The zero-order valence-corrected chi connectivity index (χ0v) is 11.6. The third-order valence-electron chi connectivity index (χ3n) is 2.03. The molecule has 1 aromatic rings. The molecule has 7 heteroatoms.